The van der Waals surface area contributed by atoms with Crippen LogP contribution in [0.3, 0.4) is 0 Å². The highest BCUT2D eigenvalue weighted by Crippen LogP contribution is 2.09. The average Bonchev–Trinajstić information content (AvgIpc) is 2.26. The van der Waals surface area contributed by atoms with Gasteiger partial charge in [0.25, 0.3) is 0 Å². The van der Waals surface area contributed by atoms with E-state index in [4.69, 9.17) is 10.8 Å². The Hall–Kier alpha value is -0.750. The van der Waals surface area contributed by atoms with Crippen molar-refractivity contribution in [1.29, 1.82) is 0 Å². The number of carboxylic acids is 1. The third-order valence-electron chi connectivity index (χ3n) is 2.36. The second-order valence-corrected chi connectivity index (χ2v) is 6.58. The number of carboxylic acid groups (broad SMARTS) is 1. The molecule has 5 nitrogen and oxygen atoms in total. The van der Waals surface area contributed by atoms with Gasteiger partial charge in [-0.2, -0.15) is 0 Å². The molecule has 112 valence electrons. The molecule has 0 aromatic heterocycles. The summed E-state index contributed by atoms with van der Waals surface area (Å²) in [7, 11) is 0. The fraction of sp³-hybridized carbons (Fsp3) is 0.846. The summed E-state index contributed by atoms with van der Waals surface area (Å²) in [5.74, 6) is 0.438. The average molecular weight is 290 g/mol. The van der Waals surface area contributed by atoms with Gasteiger partial charge >= 0.3 is 5.97 Å². The van der Waals surface area contributed by atoms with E-state index in [1.807, 2.05) is 4.90 Å². The smallest absolute Gasteiger partial charge is 0.321 e. The van der Waals surface area contributed by atoms with E-state index in [0.29, 0.717) is 17.6 Å². The van der Waals surface area contributed by atoms with Gasteiger partial charge in [0.1, 0.15) is 6.04 Å². The molecule has 0 heterocycles. The minimum absolute atomic E-state index is 0.0602. The highest BCUT2D eigenvalue weighted by Gasteiger charge is 2.17. The van der Waals surface area contributed by atoms with Gasteiger partial charge in [0.2, 0.25) is 5.91 Å². The fourth-order valence-electron chi connectivity index (χ4n) is 1.60. The van der Waals surface area contributed by atoms with Gasteiger partial charge in [0.15, 0.2) is 0 Å². The zero-order valence-corrected chi connectivity index (χ0v) is 13.1. The van der Waals surface area contributed by atoms with E-state index in [2.05, 4.69) is 27.7 Å². The number of carbonyl (C=O) groups excluding carboxylic acids is 1. The van der Waals surface area contributed by atoms with Crippen LogP contribution in [-0.4, -0.2) is 52.5 Å². The second kappa shape index (κ2) is 9.20. The molecule has 3 N–H and O–H groups in total. The lowest BCUT2D eigenvalue weighted by molar-refractivity contribution is -0.138. The summed E-state index contributed by atoms with van der Waals surface area (Å²) in [4.78, 5) is 24.5. The van der Waals surface area contributed by atoms with Gasteiger partial charge in [-0.05, 0) is 11.8 Å². The Morgan fingerprint density at radius 3 is 2.00 bits per heavy atom. The summed E-state index contributed by atoms with van der Waals surface area (Å²) in [5.41, 5.74) is 5.39. The Kier molecular flexibility index (Phi) is 8.84. The summed E-state index contributed by atoms with van der Waals surface area (Å²) < 4.78 is 0. The van der Waals surface area contributed by atoms with E-state index in [-0.39, 0.29) is 11.7 Å². The molecule has 0 rings (SSSR count). The van der Waals surface area contributed by atoms with Crippen LogP contribution in [0.15, 0.2) is 0 Å². The first-order valence-electron chi connectivity index (χ1n) is 6.57. The van der Waals surface area contributed by atoms with Crippen LogP contribution in [0.5, 0.6) is 0 Å². The largest absolute Gasteiger partial charge is 0.480 e. The van der Waals surface area contributed by atoms with E-state index in [1.165, 1.54) is 11.8 Å². The lowest BCUT2D eigenvalue weighted by atomic mass is 10.1. The molecule has 19 heavy (non-hydrogen) atoms. The maximum atomic E-state index is 12.1. The van der Waals surface area contributed by atoms with Gasteiger partial charge in [-0.3, -0.25) is 9.59 Å². The lowest BCUT2D eigenvalue weighted by Gasteiger charge is -2.26. The topological polar surface area (TPSA) is 83.6 Å². The summed E-state index contributed by atoms with van der Waals surface area (Å²) in [5, 5.41) is 8.66. The molecule has 1 amide bonds. The van der Waals surface area contributed by atoms with Crippen LogP contribution in [0.1, 0.15) is 27.7 Å². The first-order chi connectivity index (χ1) is 8.73. The molecule has 0 saturated heterocycles. The van der Waals surface area contributed by atoms with Crippen molar-refractivity contribution in [2.45, 2.75) is 33.7 Å². The van der Waals surface area contributed by atoms with Gasteiger partial charge in [0, 0.05) is 18.8 Å². The zero-order chi connectivity index (χ0) is 15.0. The monoisotopic (exact) mass is 290 g/mol. The molecule has 0 aliphatic rings. The molecule has 0 radical (unpaired) electrons. The van der Waals surface area contributed by atoms with Crippen molar-refractivity contribution < 1.29 is 14.7 Å². The number of aliphatic carboxylic acids is 1. The third kappa shape index (κ3) is 8.88. The van der Waals surface area contributed by atoms with Crippen molar-refractivity contribution in [3.63, 3.8) is 0 Å². The molecule has 0 bridgehead atoms. The van der Waals surface area contributed by atoms with Gasteiger partial charge in [-0.15, -0.1) is 11.8 Å². The van der Waals surface area contributed by atoms with Crippen LogP contribution in [0.2, 0.25) is 0 Å². The normalized spacial score (nSPS) is 12.8. The van der Waals surface area contributed by atoms with Crippen LogP contribution in [-0.2, 0) is 9.59 Å². The second-order valence-electron chi connectivity index (χ2n) is 5.55. The van der Waals surface area contributed by atoms with E-state index in [1.54, 1.807) is 0 Å². The number of amides is 1. The van der Waals surface area contributed by atoms with Crippen molar-refractivity contribution in [3.05, 3.63) is 0 Å². The van der Waals surface area contributed by atoms with Crippen molar-refractivity contribution in [2.75, 3.05) is 24.6 Å². The molecular weight excluding hydrogens is 264 g/mol. The maximum absolute atomic E-state index is 12.1. The van der Waals surface area contributed by atoms with Gasteiger partial charge in [-0.25, -0.2) is 0 Å². The number of hydrogen-bond donors (Lipinski definition) is 2. The Balaban J connectivity index is 4.20. The standard InChI is InChI=1S/C13H26N2O3S/c1-9(2)5-15(6-10(3)4)12(16)8-19-7-11(14)13(17)18/h9-11H,5-8,14H2,1-4H3,(H,17,18)/t11-/m0/s1. The number of thioether (sulfide) groups is 1. The number of carbonyl (C=O) groups is 2. The van der Waals surface area contributed by atoms with E-state index in [0.717, 1.165) is 13.1 Å². The van der Waals surface area contributed by atoms with E-state index < -0.39 is 12.0 Å². The lowest BCUT2D eigenvalue weighted by Crippen LogP contribution is -2.39. The number of hydrogen-bond acceptors (Lipinski definition) is 4. The van der Waals surface area contributed by atoms with Crippen LogP contribution in [0.4, 0.5) is 0 Å². The molecule has 0 aliphatic carbocycles. The number of nitrogens with zero attached hydrogens (tertiary/aromatic N) is 1. The molecule has 0 aromatic carbocycles. The number of nitrogens with two attached hydrogens (primary N) is 1. The van der Waals surface area contributed by atoms with E-state index in [9.17, 15) is 9.59 Å². The summed E-state index contributed by atoms with van der Waals surface area (Å²) >= 11 is 1.28. The molecule has 0 fully saturated rings. The Morgan fingerprint density at radius 2 is 1.63 bits per heavy atom. The SMILES string of the molecule is CC(C)CN(CC(C)C)C(=O)CSC[C@H](N)C(=O)O. The minimum Gasteiger partial charge on any atom is -0.480 e. The zero-order valence-electron chi connectivity index (χ0n) is 12.3. The van der Waals surface area contributed by atoms with Crippen molar-refractivity contribution in [1.82, 2.24) is 4.90 Å². The van der Waals surface area contributed by atoms with Crippen LogP contribution in [0, 0.1) is 11.8 Å². The van der Waals surface area contributed by atoms with Crippen LogP contribution in [0.25, 0.3) is 0 Å². The summed E-state index contributed by atoms with van der Waals surface area (Å²) in [6.45, 7) is 9.79. The molecule has 0 saturated carbocycles. The molecule has 0 unspecified atom stereocenters. The quantitative estimate of drug-likeness (QED) is 0.668. The minimum atomic E-state index is -1.03. The highest BCUT2D eigenvalue weighted by molar-refractivity contribution is 8.00. The highest BCUT2D eigenvalue weighted by atomic mass is 32.2. The fourth-order valence-corrected chi connectivity index (χ4v) is 2.47. The van der Waals surface area contributed by atoms with Crippen LogP contribution < -0.4 is 5.73 Å². The van der Waals surface area contributed by atoms with Crippen molar-refractivity contribution in [3.8, 4) is 0 Å². The molecule has 0 aromatic rings. The molecule has 0 spiro atoms. The molecule has 1 atom stereocenters. The third-order valence-corrected chi connectivity index (χ3v) is 3.41. The predicted molar refractivity (Wildman–Crippen MR) is 79.2 cm³/mol. The predicted octanol–water partition coefficient (Wildman–Crippen LogP) is 1.27. The molecule has 0 aliphatic heterocycles. The number of rotatable bonds is 9. The maximum Gasteiger partial charge on any atom is 0.321 e. The first-order valence-corrected chi connectivity index (χ1v) is 7.73. The first kappa shape index (κ1) is 18.2. The summed E-state index contributed by atoms with van der Waals surface area (Å²) in [6.07, 6.45) is 0. The van der Waals surface area contributed by atoms with Crippen LogP contribution >= 0.6 is 11.8 Å². The Morgan fingerprint density at radius 1 is 1.16 bits per heavy atom. The van der Waals surface area contributed by atoms with Crippen molar-refractivity contribution >= 4 is 23.6 Å². The Labute approximate surface area is 119 Å². The Bertz CT molecular complexity index is 286. The van der Waals surface area contributed by atoms with Gasteiger partial charge < -0.3 is 15.7 Å². The molecule has 6 heteroatoms. The summed E-state index contributed by atoms with van der Waals surface area (Å²) in [6, 6.07) is -0.901. The van der Waals surface area contributed by atoms with E-state index >= 15 is 0 Å². The van der Waals surface area contributed by atoms with Gasteiger partial charge in [-0.1, -0.05) is 27.7 Å². The van der Waals surface area contributed by atoms with Crippen molar-refractivity contribution in [2.24, 2.45) is 17.6 Å². The molecular formula is C13H26N2O3S. The van der Waals surface area contributed by atoms with Gasteiger partial charge in [0.05, 0.1) is 5.75 Å².